The summed E-state index contributed by atoms with van der Waals surface area (Å²) in [7, 11) is 0. The molecule has 2 heterocycles. The molecule has 0 unspecified atom stereocenters. The Balaban J connectivity index is 1.83. The number of nitrogens with zero attached hydrogens (tertiary/aromatic N) is 1. The van der Waals surface area contributed by atoms with Gasteiger partial charge in [0.2, 0.25) is 5.91 Å². The Hall–Kier alpha value is -2.30. The molecule has 0 atom stereocenters. The summed E-state index contributed by atoms with van der Waals surface area (Å²) in [4.78, 5) is 28.5. The van der Waals surface area contributed by atoms with Gasteiger partial charge in [-0.05, 0) is 23.6 Å². The summed E-state index contributed by atoms with van der Waals surface area (Å²) in [5, 5.41) is 3.85. The van der Waals surface area contributed by atoms with E-state index in [1.807, 2.05) is 30.5 Å². The van der Waals surface area contributed by atoms with Crippen LogP contribution in [0.25, 0.3) is 10.9 Å². The number of carbonyl (C=O) groups excluding carboxylic acids is 2. The Labute approximate surface area is 110 Å². The predicted molar refractivity (Wildman–Crippen MR) is 71.8 cm³/mol. The molecule has 0 aliphatic carbocycles. The molecular formula is C14H15N3O2. The Morgan fingerprint density at radius 1 is 1.21 bits per heavy atom. The van der Waals surface area contributed by atoms with Crippen molar-refractivity contribution in [2.75, 3.05) is 19.6 Å². The van der Waals surface area contributed by atoms with E-state index in [2.05, 4.69) is 10.3 Å². The number of carbonyl (C=O) groups is 2. The predicted octanol–water partition coefficient (Wildman–Crippen LogP) is 1.13. The van der Waals surface area contributed by atoms with E-state index in [0.29, 0.717) is 31.6 Å². The Kier molecular flexibility index (Phi) is 2.95. The number of aromatic amines is 1. The number of hydrogen-bond acceptors (Lipinski definition) is 2. The number of nitrogens with one attached hydrogen (secondary N) is 2. The van der Waals surface area contributed by atoms with Crippen molar-refractivity contribution in [3.8, 4) is 0 Å². The molecule has 0 spiro atoms. The molecule has 2 aromatic rings. The van der Waals surface area contributed by atoms with Crippen molar-refractivity contribution >= 4 is 22.7 Å². The van der Waals surface area contributed by atoms with Gasteiger partial charge in [0.15, 0.2) is 0 Å². The average molecular weight is 257 g/mol. The molecule has 0 bridgehead atoms. The first-order valence-electron chi connectivity index (χ1n) is 6.37. The molecule has 5 nitrogen and oxygen atoms in total. The van der Waals surface area contributed by atoms with Crippen molar-refractivity contribution in [1.82, 2.24) is 15.2 Å². The molecule has 2 amide bonds. The SMILES string of the molecule is O=C1CCN(C(=O)c2ccc3cc[nH]c3c2)CCN1. The molecule has 1 fully saturated rings. The molecule has 1 saturated heterocycles. The second-order valence-electron chi connectivity index (χ2n) is 4.67. The number of amides is 2. The Bertz CT molecular complexity index is 632. The summed E-state index contributed by atoms with van der Waals surface area (Å²) in [5.41, 5.74) is 1.61. The van der Waals surface area contributed by atoms with Crippen LogP contribution in [0.15, 0.2) is 30.5 Å². The first-order valence-corrected chi connectivity index (χ1v) is 6.37. The van der Waals surface area contributed by atoms with E-state index in [-0.39, 0.29) is 11.8 Å². The van der Waals surface area contributed by atoms with E-state index >= 15 is 0 Å². The van der Waals surface area contributed by atoms with Gasteiger partial charge in [0, 0.05) is 43.3 Å². The maximum atomic E-state index is 12.4. The first-order chi connectivity index (χ1) is 9.24. The zero-order chi connectivity index (χ0) is 13.2. The lowest BCUT2D eigenvalue weighted by Gasteiger charge is -2.19. The van der Waals surface area contributed by atoms with Gasteiger partial charge in [-0.3, -0.25) is 9.59 Å². The topological polar surface area (TPSA) is 65.2 Å². The van der Waals surface area contributed by atoms with Gasteiger partial charge < -0.3 is 15.2 Å². The normalized spacial score (nSPS) is 16.2. The van der Waals surface area contributed by atoms with Gasteiger partial charge in [-0.2, -0.15) is 0 Å². The highest BCUT2D eigenvalue weighted by Crippen LogP contribution is 2.16. The summed E-state index contributed by atoms with van der Waals surface area (Å²) in [5.74, 6) is -0.0110. The van der Waals surface area contributed by atoms with Crippen LogP contribution in [0.2, 0.25) is 0 Å². The fourth-order valence-electron chi connectivity index (χ4n) is 2.33. The standard InChI is InChI=1S/C14H15N3O2/c18-13-4-7-17(8-6-16-13)14(19)11-2-1-10-3-5-15-12(10)9-11/h1-3,5,9,15H,4,6-8H2,(H,16,18). The third-order valence-corrected chi connectivity index (χ3v) is 3.40. The average Bonchev–Trinajstić information content (AvgIpc) is 2.78. The van der Waals surface area contributed by atoms with Gasteiger partial charge in [-0.25, -0.2) is 0 Å². The van der Waals surface area contributed by atoms with E-state index in [0.717, 1.165) is 10.9 Å². The van der Waals surface area contributed by atoms with Crippen molar-refractivity contribution < 1.29 is 9.59 Å². The molecule has 5 heteroatoms. The van der Waals surface area contributed by atoms with Gasteiger partial charge >= 0.3 is 0 Å². The second kappa shape index (κ2) is 4.76. The van der Waals surface area contributed by atoms with Crippen LogP contribution in [-0.4, -0.2) is 41.3 Å². The van der Waals surface area contributed by atoms with Gasteiger partial charge in [0.05, 0.1) is 0 Å². The van der Waals surface area contributed by atoms with Gasteiger partial charge in [0.1, 0.15) is 0 Å². The third kappa shape index (κ3) is 2.31. The Morgan fingerprint density at radius 2 is 2.11 bits per heavy atom. The van der Waals surface area contributed by atoms with Crippen LogP contribution in [0.3, 0.4) is 0 Å². The summed E-state index contributed by atoms with van der Waals surface area (Å²) in [6.07, 6.45) is 2.23. The third-order valence-electron chi connectivity index (χ3n) is 3.40. The van der Waals surface area contributed by atoms with Crippen LogP contribution in [0.1, 0.15) is 16.8 Å². The number of rotatable bonds is 1. The van der Waals surface area contributed by atoms with Crippen LogP contribution in [-0.2, 0) is 4.79 Å². The first kappa shape index (κ1) is 11.8. The minimum Gasteiger partial charge on any atom is -0.361 e. The maximum absolute atomic E-state index is 12.4. The van der Waals surface area contributed by atoms with E-state index in [1.165, 1.54) is 0 Å². The minimum absolute atomic E-state index is 0.00937. The van der Waals surface area contributed by atoms with Crippen molar-refractivity contribution in [1.29, 1.82) is 0 Å². The van der Waals surface area contributed by atoms with Crippen molar-refractivity contribution in [3.05, 3.63) is 36.0 Å². The van der Waals surface area contributed by atoms with Crippen LogP contribution in [0.5, 0.6) is 0 Å². The largest absolute Gasteiger partial charge is 0.361 e. The zero-order valence-corrected chi connectivity index (χ0v) is 10.5. The van der Waals surface area contributed by atoms with Crippen LogP contribution in [0.4, 0.5) is 0 Å². The van der Waals surface area contributed by atoms with Crippen LogP contribution >= 0.6 is 0 Å². The van der Waals surface area contributed by atoms with Crippen molar-refractivity contribution in [3.63, 3.8) is 0 Å². The smallest absolute Gasteiger partial charge is 0.254 e. The minimum atomic E-state index is -0.0204. The van der Waals surface area contributed by atoms with Crippen LogP contribution < -0.4 is 5.32 Å². The summed E-state index contributed by atoms with van der Waals surface area (Å²) >= 11 is 0. The van der Waals surface area contributed by atoms with E-state index in [1.54, 1.807) is 4.90 Å². The number of hydrogen-bond donors (Lipinski definition) is 2. The van der Waals surface area contributed by atoms with E-state index < -0.39 is 0 Å². The fourth-order valence-corrected chi connectivity index (χ4v) is 2.33. The lowest BCUT2D eigenvalue weighted by molar-refractivity contribution is -0.120. The number of H-pyrrole nitrogens is 1. The molecule has 0 radical (unpaired) electrons. The highest BCUT2D eigenvalue weighted by Gasteiger charge is 2.19. The molecule has 1 aliphatic heterocycles. The highest BCUT2D eigenvalue weighted by atomic mass is 16.2. The summed E-state index contributed by atoms with van der Waals surface area (Å²) in [6.45, 7) is 1.57. The molecule has 0 saturated carbocycles. The molecule has 1 aliphatic rings. The highest BCUT2D eigenvalue weighted by molar-refractivity contribution is 5.98. The molecule has 3 rings (SSSR count). The van der Waals surface area contributed by atoms with Crippen LogP contribution in [0, 0.1) is 0 Å². The monoisotopic (exact) mass is 257 g/mol. The summed E-state index contributed by atoms with van der Waals surface area (Å²) < 4.78 is 0. The molecule has 1 aromatic heterocycles. The Morgan fingerprint density at radius 3 is 3.00 bits per heavy atom. The van der Waals surface area contributed by atoms with Crippen molar-refractivity contribution in [2.24, 2.45) is 0 Å². The molecule has 19 heavy (non-hydrogen) atoms. The fraction of sp³-hybridized carbons (Fsp3) is 0.286. The quantitative estimate of drug-likeness (QED) is 0.804. The van der Waals surface area contributed by atoms with Crippen molar-refractivity contribution in [2.45, 2.75) is 6.42 Å². The summed E-state index contributed by atoms with van der Waals surface area (Å²) in [6, 6.07) is 7.59. The van der Waals surface area contributed by atoms with Gasteiger partial charge in [-0.1, -0.05) is 6.07 Å². The maximum Gasteiger partial charge on any atom is 0.254 e. The van der Waals surface area contributed by atoms with E-state index in [9.17, 15) is 9.59 Å². The molecular weight excluding hydrogens is 242 g/mol. The molecule has 2 N–H and O–H groups in total. The van der Waals surface area contributed by atoms with Gasteiger partial charge in [-0.15, -0.1) is 0 Å². The molecule has 98 valence electrons. The van der Waals surface area contributed by atoms with Gasteiger partial charge in [0.25, 0.3) is 5.91 Å². The number of aromatic nitrogens is 1. The zero-order valence-electron chi connectivity index (χ0n) is 10.5. The van der Waals surface area contributed by atoms with E-state index in [4.69, 9.17) is 0 Å². The molecule has 1 aromatic carbocycles. The lowest BCUT2D eigenvalue weighted by atomic mass is 10.1. The number of fused-ring (bicyclic) bond motifs is 1. The number of benzene rings is 1. The second-order valence-corrected chi connectivity index (χ2v) is 4.67. The lowest BCUT2D eigenvalue weighted by Crippen LogP contribution is -2.34.